The number of carbonyl (C=O) groups is 2. The van der Waals surface area contributed by atoms with Gasteiger partial charge in [-0.3, -0.25) is 4.79 Å². The summed E-state index contributed by atoms with van der Waals surface area (Å²) in [5.74, 6) is 1.61. The van der Waals surface area contributed by atoms with Gasteiger partial charge in [-0.05, 0) is 30.5 Å². The van der Waals surface area contributed by atoms with Crippen LogP contribution in [0.2, 0.25) is 0 Å². The highest BCUT2D eigenvalue weighted by molar-refractivity contribution is 5.98. The first-order valence-corrected chi connectivity index (χ1v) is 9.21. The highest BCUT2D eigenvalue weighted by Crippen LogP contribution is 2.32. The van der Waals surface area contributed by atoms with E-state index < -0.39 is 0 Å². The molecule has 1 saturated heterocycles. The molecular formula is C21H22N2O4. The molecule has 2 amide bonds. The van der Waals surface area contributed by atoms with Crippen molar-refractivity contribution >= 4 is 11.8 Å². The number of piperidine rings is 1. The van der Waals surface area contributed by atoms with E-state index in [1.54, 1.807) is 4.90 Å². The number of hydrogen-bond acceptors (Lipinski definition) is 4. The van der Waals surface area contributed by atoms with Gasteiger partial charge >= 0.3 is 6.03 Å². The first-order valence-electron chi connectivity index (χ1n) is 9.21. The number of urea groups is 1. The molecule has 6 heteroatoms. The number of hydrogen-bond donors (Lipinski definition) is 1. The molecule has 0 radical (unpaired) electrons. The monoisotopic (exact) mass is 366 g/mol. The number of Topliss-reactive ketones (excluding diaryl/α,β-unsaturated/α-hetero) is 1. The summed E-state index contributed by atoms with van der Waals surface area (Å²) in [5, 5.41) is 2.94. The number of amides is 2. The molecule has 4 rings (SSSR count). The lowest BCUT2D eigenvalue weighted by atomic mass is 9.89. The van der Waals surface area contributed by atoms with E-state index in [1.165, 1.54) is 0 Å². The molecule has 0 saturated carbocycles. The van der Waals surface area contributed by atoms with Gasteiger partial charge in [-0.2, -0.15) is 0 Å². The van der Waals surface area contributed by atoms with Crippen molar-refractivity contribution in [3.05, 3.63) is 59.7 Å². The Balaban J connectivity index is 1.27. The normalized spacial score (nSPS) is 16.2. The zero-order valence-electron chi connectivity index (χ0n) is 15.0. The summed E-state index contributed by atoms with van der Waals surface area (Å²) in [7, 11) is 0. The molecule has 140 valence electrons. The predicted octanol–water partition coefficient (Wildman–Crippen LogP) is 3.22. The van der Waals surface area contributed by atoms with E-state index in [9.17, 15) is 9.59 Å². The van der Waals surface area contributed by atoms with E-state index >= 15 is 0 Å². The minimum atomic E-state index is -0.0988. The number of ketones is 1. The Hall–Kier alpha value is -3.02. The molecule has 0 aliphatic carbocycles. The van der Waals surface area contributed by atoms with Gasteiger partial charge in [-0.15, -0.1) is 0 Å². The maximum absolute atomic E-state index is 12.5. The standard InChI is InChI=1S/C21H22N2O4/c24-20(16-4-2-1-3-5-16)17-8-10-23(11-9-17)21(25)22-13-15-6-7-18-19(12-15)27-14-26-18/h1-7,12,17H,8-11,13-14H2,(H,22,25). The molecule has 0 atom stereocenters. The van der Waals surface area contributed by atoms with Crippen molar-refractivity contribution in [3.8, 4) is 11.5 Å². The Bertz CT molecular complexity index is 829. The Morgan fingerprint density at radius 3 is 2.52 bits per heavy atom. The predicted molar refractivity (Wildman–Crippen MR) is 99.9 cm³/mol. The zero-order chi connectivity index (χ0) is 18.6. The molecule has 2 aromatic carbocycles. The van der Waals surface area contributed by atoms with E-state index in [0.29, 0.717) is 38.2 Å². The SMILES string of the molecule is O=C(c1ccccc1)C1CCN(C(=O)NCc2ccc3c(c2)OCO3)CC1. The lowest BCUT2D eigenvalue weighted by Gasteiger charge is -2.31. The van der Waals surface area contributed by atoms with Crippen LogP contribution in [0.5, 0.6) is 11.5 Å². The van der Waals surface area contributed by atoms with Gasteiger partial charge in [-0.25, -0.2) is 4.79 Å². The summed E-state index contributed by atoms with van der Waals surface area (Å²) >= 11 is 0. The zero-order valence-corrected chi connectivity index (χ0v) is 15.0. The molecule has 2 aliphatic rings. The van der Waals surface area contributed by atoms with Crippen LogP contribution in [0, 0.1) is 5.92 Å². The summed E-state index contributed by atoms with van der Waals surface area (Å²) in [6.07, 6.45) is 1.40. The molecular weight excluding hydrogens is 344 g/mol. The van der Waals surface area contributed by atoms with E-state index in [2.05, 4.69) is 5.32 Å². The molecule has 2 heterocycles. The quantitative estimate of drug-likeness (QED) is 0.844. The average molecular weight is 366 g/mol. The maximum atomic E-state index is 12.5. The van der Waals surface area contributed by atoms with E-state index in [0.717, 1.165) is 16.9 Å². The third kappa shape index (κ3) is 3.89. The number of benzene rings is 2. The number of nitrogens with zero attached hydrogens (tertiary/aromatic N) is 1. The fourth-order valence-electron chi connectivity index (χ4n) is 3.52. The Morgan fingerprint density at radius 2 is 1.74 bits per heavy atom. The third-order valence-electron chi connectivity index (χ3n) is 5.09. The number of carbonyl (C=O) groups excluding carboxylic acids is 2. The molecule has 0 aromatic heterocycles. The van der Waals surface area contributed by atoms with Crippen LogP contribution in [0.15, 0.2) is 48.5 Å². The highest BCUT2D eigenvalue weighted by atomic mass is 16.7. The second kappa shape index (κ2) is 7.70. The summed E-state index contributed by atoms with van der Waals surface area (Å²) in [5.41, 5.74) is 1.71. The average Bonchev–Trinajstić information content (AvgIpc) is 3.20. The lowest BCUT2D eigenvalue weighted by Crippen LogP contribution is -2.45. The van der Waals surface area contributed by atoms with Crippen molar-refractivity contribution in [3.63, 3.8) is 0 Å². The smallest absolute Gasteiger partial charge is 0.317 e. The molecule has 27 heavy (non-hydrogen) atoms. The van der Waals surface area contributed by atoms with E-state index in [-0.39, 0.29) is 24.5 Å². The van der Waals surface area contributed by atoms with Crippen molar-refractivity contribution in [2.24, 2.45) is 5.92 Å². The van der Waals surface area contributed by atoms with Crippen LogP contribution in [0.25, 0.3) is 0 Å². The topological polar surface area (TPSA) is 67.9 Å². The first-order chi connectivity index (χ1) is 13.2. The van der Waals surface area contributed by atoms with Crippen molar-refractivity contribution < 1.29 is 19.1 Å². The lowest BCUT2D eigenvalue weighted by molar-refractivity contribution is 0.0854. The van der Waals surface area contributed by atoms with E-state index in [1.807, 2.05) is 48.5 Å². The molecule has 1 N–H and O–H groups in total. The highest BCUT2D eigenvalue weighted by Gasteiger charge is 2.27. The van der Waals surface area contributed by atoms with Crippen LogP contribution in [-0.2, 0) is 6.54 Å². The number of rotatable bonds is 4. The van der Waals surface area contributed by atoms with Crippen molar-refractivity contribution in [2.45, 2.75) is 19.4 Å². The van der Waals surface area contributed by atoms with Crippen LogP contribution in [0.4, 0.5) is 4.79 Å². The van der Waals surface area contributed by atoms with Crippen LogP contribution in [0.3, 0.4) is 0 Å². The van der Waals surface area contributed by atoms with Gasteiger partial charge in [0.15, 0.2) is 17.3 Å². The molecule has 6 nitrogen and oxygen atoms in total. The second-order valence-corrected chi connectivity index (χ2v) is 6.84. The number of likely N-dealkylation sites (tertiary alicyclic amines) is 1. The van der Waals surface area contributed by atoms with Gasteiger partial charge in [0.2, 0.25) is 6.79 Å². The Kier molecular flexibility index (Phi) is 4.96. The summed E-state index contributed by atoms with van der Waals surface area (Å²) in [6.45, 7) is 1.85. The van der Waals surface area contributed by atoms with Gasteiger partial charge in [0, 0.05) is 31.1 Å². The van der Waals surface area contributed by atoms with Crippen molar-refractivity contribution in [1.82, 2.24) is 10.2 Å². The van der Waals surface area contributed by atoms with Gasteiger partial charge in [-0.1, -0.05) is 36.4 Å². The first kappa shape index (κ1) is 17.4. The Labute approximate surface area is 158 Å². The maximum Gasteiger partial charge on any atom is 0.317 e. The number of fused-ring (bicyclic) bond motifs is 1. The summed E-state index contributed by atoms with van der Waals surface area (Å²) in [4.78, 5) is 26.7. The van der Waals surface area contributed by atoms with Crippen molar-refractivity contribution in [2.75, 3.05) is 19.9 Å². The number of ether oxygens (including phenoxy) is 2. The number of nitrogens with one attached hydrogen (secondary N) is 1. The fraction of sp³-hybridized carbons (Fsp3) is 0.333. The van der Waals surface area contributed by atoms with Gasteiger partial charge in [0.1, 0.15) is 0 Å². The van der Waals surface area contributed by atoms with Gasteiger partial charge < -0.3 is 19.7 Å². The molecule has 2 aromatic rings. The van der Waals surface area contributed by atoms with Crippen LogP contribution in [0.1, 0.15) is 28.8 Å². The largest absolute Gasteiger partial charge is 0.454 e. The van der Waals surface area contributed by atoms with Gasteiger partial charge in [0.05, 0.1) is 0 Å². The molecule has 1 fully saturated rings. The van der Waals surface area contributed by atoms with Crippen LogP contribution >= 0.6 is 0 Å². The second-order valence-electron chi connectivity index (χ2n) is 6.84. The minimum Gasteiger partial charge on any atom is -0.454 e. The minimum absolute atomic E-state index is 0.00897. The van der Waals surface area contributed by atoms with E-state index in [4.69, 9.17) is 9.47 Å². The Morgan fingerprint density at radius 1 is 1.00 bits per heavy atom. The third-order valence-corrected chi connectivity index (χ3v) is 5.09. The molecule has 2 aliphatic heterocycles. The molecule has 0 spiro atoms. The fourth-order valence-corrected chi connectivity index (χ4v) is 3.52. The van der Waals surface area contributed by atoms with Crippen LogP contribution < -0.4 is 14.8 Å². The molecule has 0 bridgehead atoms. The summed E-state index contributed by atoms with van der Waals surface area (Å²) < 4.78 is 10.6. The summed E-state index contributed by atoms with van der Waals surface area (Å²) in [6, 6.07) is 14.9. The molecule has 0 unspecified atom stereocenters. The van der Waals surface area contributed by atoms with Crippen molar-refractivity contribution in [1.29, 1.82) is 0 Å². The van der Waals surface area contributed by atoms with Crippen LogP contribution in [-0.4, -0.2) is 36.6 Å². The van der Waals surface area contributed by atoms with Gasteiger partial charge in [0.25, 0.3) is 0 Å².